The van der Waals surface area contributed by atoms with Crippen molar-refractivity contribution in [3.05, 3.63) is 16.0 Å². The van der Waals surface area contributed by atoms with Gasteiger partial charge in [0.25, 0.3) is 0 Å². The normalized spacial score (nSPS) is 16.9. The molecule has 1 fully saturated rings. The number of hydrogen-bond acceptors (Lipinski definition) is 5. The Hall–Kier alpha value is -1.42. The molecule has 1 amide bonds. The van der Waals surface area contributed by atoms with E-state index >= 15 is 0 Å². The average Bonchev–Trinajstić information content (AvgIpc) is 3.33. The molecule has 5 nitrogen and oxygen atoms in total. The molecule has 1 saturated carbocycles. The number of carbonyl (C=O) groups excluding carboxylic acids is 1. The highest BCUT2D eigenvalue weighted by Gasteiger charge is 2.28. The van der Waals surface area contributed by atoms with Crippen molar-refractivity contribution >= 4 is 22.2 Å². The van der Waals surface area contributed by atoms with E-state index in [-0.39, 0.29) is 12.5 Å². The lowest BCUT2D eigenvalue weighted by molar-refractivity contribution is -0.116. The summed E-state index contributed by atoms with van der Waals surface area (Å²) in [5.41, 5.74) is 1.83. The smallest absolute Gasteiger partial charge is 0.226 e. The zero-order valence-corrected chi connectivity index (χ0v) is 14.1. The quantitative estimate of drug-likeness (QED) is 0.803. The zero-order chi connectivity index (χ0) is 16.2. The number of aliphatic hydroxyl groups excluding tert-OH is 1. The molecular weight excluding hydrogens is 310 g/mol. The van der Waals surface area contributed by atoms with Crippen molar-refractivity contribution in [2.45, 2.75) is 51.0 Å². The molecule has 0 atom stereocenters. The molecule has 1 heterocycles. The summed E-state index contributed by atoms with van der Waals surface area (Å²) in [4.78, 5) is 15.7. The van der Waals surface area contributed by atoms with Crippen LogP contribution in [0.15, 0.2) is 0 Å². The lowest BCUT2D eigenvalue weighted by Gasteiger charge is -2.20. The first-order valence-electron chi connectivity index (χ1n) is 8.42. The van der Waals surface area contributed by atoms with Crippen LogP contribution in [0.25, 0.3) is 0 Å². The molecule has 0 saturated heterocycles. The SMILES string of the molecule is N#Cc1c(NC(=O)CCN(CCO)C2CC2)sc2c1CCCC2. The predicted molar refractivity (Wildman–Crippen MR) is 90.6 cm³/mol. The van der Waals surface area contributed by atoms with Gasteiger partial charge >= 0.3 is 0 Å². The third-order valence-electron chi connectivity index (χ3n) is 4.61. The Morgan fingerprint density at radius 1 is 1.35 bits per heavy atom. The summed E-state index contributed by atoms with van der Waals surface area (Å²) in [5, 5.41) is 22.2. The number of amides is 1. The highest BCUT2D eigenvalue weighted by atomic mass is 32.1. The van der Waals surface area contributed by atoms with E-state index in [9.17, 15) is 10.1 Å². The average molecular weight is 333 g/mol. The number of hydrogen-bond donors (Lipinski definition) is 2. The minimum absolute atomic E-state index is 0.0383. The van der Waals surface area contributed by atoms with E-state index in [1.165, 1.54) is 11.3 Å². The van der Waals surface area contributed by atoms with Crippen LogP contribution >= 0.6 is 11.3 Å². The van der Waals surface area contributed by atoms with Crippen LogP contribution in [0, 0.1) is 11.3 Å². The first-order chi connectivity index (χ1) is 11.2. The second kappa shape index (κ2) is 7.43. The number of thiophene rings is 1. The molecule has 6 heteroatoms. The maximum atomic E-state index is 12.2. The van der Waals surface area contributed by atoms with Crippen molar-refractivity contribution < 1.29 is 9.90 Å². The van der Waals surface area contributed by atoms with Gasteiger partial charge in [0, 0.05) is 30.4 Å². The van der Waals surface area contributed by atoms with Gasteiger partial charge in [0.05, 0.1) is 12.2 Å². The lowest BCUT2D eigenvalue weighted by atomic mass is 9.96. The third kappa shape index (κ3) is 3.92. The summed E-state index contributed by atoms with van der Waals surface area (Å²) >= 11 is 1.57. The summed E-state index contributed by atoms with van der Waals surface area (Å²) < 4.78 is 0. The summed E-state index contributed by atoms with van der Waals surface area (Å²) in [6.07, 6.45) is 7.01. The Morgan fingerprint density at radius 3 is 2.83 bits per heavy atom. The number of nitrogens with one attached hydrogen (secondary N) is 1. The van der Waals surface area contributed by atoms with Crippen LogP contribution < -0.4 is 5.32 Å². The maximum Gasteiger partial charge on any atom is 0.226 e. The van der Waals surface area contributed by atoms with Crippen LogP contribution in [0.2, 0.25) is 0 Å². The first-order valence-corrected chi connectivity index (χ1v) is 9.24. The van der Waals surface area contributed by atoms with Crippen LogP contribution in [-0.2, 0) is 17.6 Å². The number of nitrogens with zero attached hydrogens (tertiary/aromatic N) is 2. The molecule has 0 bridgehead atoms. The second-order valence-electron chi connectivity index (χ2n) is 6.32. The summed E-state index contributed by atoms with van der Waals surface area (Å²) in [6, 6.07) is 2.82. The Labute approximate surface area is 140 Å². The number of rotatable bonds is 7. The van der Waals surface area contributed by atoms with Gasteiger partial charge < -0.3 is 10.4 Å². The minimum Gasteiger partial charge on any atom is -0.395 e. The molecule has 124 valence electrons. The second-order valence-corrected chi connectivity index (χ2v) is 7.42. The molecule has 1 aromatic heterocycles. The van der Waals surface area contributed by atoms with E-state index < -0.39 is 0 Å². The van der Waals surface area contributed by atoms with Crippen molar-refractivity contribution in [3.63, 3.8) is 0 Å². The van der Waals surface area contributed by atoms with E-state index in [2.05, 4.69) is 16.3 Å². The van der Waals surface area contributed by atoms with E-state index in [1.807, 2.05) is 0 Å². The van der Waals surface area contributed by atoms with Crippen LogP contribution in [0.3, 0.4) is 0 Å². The largest absolute Gasteiger partial charge is 0.395 e. The van der Waals surface area contributed by atoms with Gasteiger partial charge in [-0.05, 0) is 44.1 Å². The molecule has 0 aromatic carbocycles. The van der Waals surface area contributed by atoms with Gasteiger partial charge in [-0.25, -0.2) is 0 Å². The maximum absolute atomic E-state index is 12.2. The highest BCUT2D eigenvalue weighted by molar-refractivity contribution is 7.16. The Kier molecular flexibility index (Phi) is 5.31. The summed E-state index contributed by atoms with van der Waals surface area (Å²) in [7, 11) is 0. The standard InChI is InChI=1S/C17H23N3O2S/c18-11-14-13-3-1-2-4-15(13)23-17(14)19-16(22)7-8-20(9-10-21)12-5-6-12/h12,21H,1-10H2,(H,19,22). The molecule has 2 aliphatic carbocycles. The van der Waals surface area contributed by atoms with Gasteiger partial charge in [-0.3, -0.25) is 9.69 Å². The molecule has 0 spiro atoms. The van der Waals surface area contributed by atoms with Crippen LogP contribution in [-0.4, -0.2) is 41.7 Å². The Balaban J connectivity index is 1.59. The van der Waals surface area contributed by atoms with Gasteiger partial charge in [-0.2, -0.15) is 5.26 Å². The molecule has 2 aliphatic rings. The topological polar surface area (TPSA) is 76.4 Å². The highest BCUT2D eigenvalue weighted by Crippen LogP contribution is 2.37. The van der Waals surface area contributed by atoms with Gasteiger partial charge in [-0.15, -0.1) is 11.3 Å². The number of fused-ring (bicyclic) bond motifs is 1. The van der Waals surface area contributed by atoms with Crippen LogP contribution in [0.1, 0.15) is 48.1 Å². The van der Waals surface area contributed by atoms with Crippen molar-refractivity contribution in [2.24, 2.45) is 0 Å². The number of anilines is 1. The summed E-state index contributed by atoms with van der Waals surface area (Å²) in [6.45, 7) is 1.44. The molecule has 0 aliphatic heterocycles. The summed E-state index contributed by atoms with van der Waals surface area (Å²) in [5.74, 6) is -0.0383. The molecular formula is C17H23N3O2S. The monoisotopic (exact) mass is 333 g/mol. The van der Waals surface area contributed by atoms with Crippen molar-refractivity contribution in [3.8, 4) is 6.07 Å². The molecule has 1 aromatic rings. The molecule has 2 N–H and O–H groups in total. The fourth-order valence-corrected chi connectivity index (χ4v) is 4.51. The number of carbonyl (C=O) groups is 1. The third-order valence-corrected chi connectivity index (χ3v) is 5.82. The molecule has 0 radical (unpaired) electrons. The number of aliphatic hydroxyl groups is 1. The van der Waals surface area contributed by atoms with Gasteiger partial charge in [0.2, 0.25) is 5.91 Å². The predicted octanol–water partition coefficient (Wildman–Crippen LogP) is 2.28. The van der Waals surface area contributed by atoms with E-state index in [0.717, 1.165) is 42.7 Å². The van der Waals surface area contributed by atoms with Crippen molar-refractivity contribution in [1.82, 2.24) is 4.90 Å². The van der Waals surface area contributed by atoms with Gasteiger partial charge in [0.1, 0.15) is 11.1 Å². The van der Waals surface area contributed by atoms with Crippen LogP contribution in [0.4, 0.5) is 5.00 Å². The zero-order valence-electron chi connectivity index (χ0n) is 13.3. The molecule has 23 heavy (non-hydrogen) atoms. The lowest BCUT2D eigenvalue weighted by Crippen LogP contribution is -2.32. The Bertz CT molecular complexity index is 616. The van der Waals surface area contributed by atoms with Crippen LogP contribution in [0.5, 0.6) is 0 Å². The number of nitriles is 1. The van der Waals surface area contributed by atoms with E-state index in [1.54, 1.807) is 11.3 Å². The first kappa shape index (κ1) is 16.4. The Morgan fingerprint density at radius 2 is 2.13 bits per heavy atom. The van der Waals surface area contributed by atoms with E-state index in [0.29, 0.717) is 31.1 Å². The fourth-order valence-electron chi connectivity index (χ4n) is 3.25. The number of aryl methyl sites for hydroxylation is 1. The van der Waals surface area contributed by atoms with E-state index in [4.69, 9.17) is 5.11 Å². The van der Waals surface area contributed by atoms with Gasteiger partial charge in [-0.1, -0.05) is 0 Å². The van der Waals surface area contributed by atoms with Crippen molar-refractivity contribution in [2.75, 3.05) is 25.0 Å². The fraction of sp³-hybridized carbons (Fsp3) is 0.647. The van der Waals surface area contributed by atoms with Crippen molar-refractivity contribution in [1.29, 1.82) is 5.26 Å². The minimum atomic E-state index is -0.0383. The van der Waals surface area contributed by atoms with Gasteiger partial charge in [0.15, 0.2) is 0 Å². The molecule has 0 unspecified atom stereocenters. The molecule has 3 rings (SSSR count).